The number of aromatic nitrogens is 1. The third kappa shape index (κ3) is 3.37. The maximum Gasteiger partial charge on any atom is 0.434 e. The van der Waals surface area contributed by atoms with E-state index in [1.54, 1.807) is 0 Å². The summed E-state index contributed by atoms with van der Waals surface area (Å²) in [4.78, 5) is 5.03. The van der Waals surface area contributed by atoms with Gasteiger partial charge in [0.1, 0.15) is 4.90 Å². The first-order chi connectivity index (χ1) is 12.6. The molecule has 3 saturated heterocycles. The summed E-state index contributed by atoms with van der Waals surface area (Å²) in [6.07, 6.45) is -2.86. The normalized spacial score (nSPS) is 24.6. The number of sulfonamides is 1. The predicted molar refractivity (Wildman–Crippen MR) is 90.6 cm³/mol. The number of hydrogen-bond acceptors (Lipinski definition) is 5. The van der Waals surface area contributed by atoms with Gasteiger partial charge in [-0.15, -0.1) is 0 Å². The van der Waals surface area contributed by atoms with Crippen molar-refractivity contribution in [3.63, 3.8) is 0 Å². The molecule has 0 atom stereocenters. The van der Waals surface area contributed by atoms with Crippen LogP contribution in [0.25, 0.3) is 0 Å². The summed E-state index contributed by atoms with van der Waals surface area (Å²) in [6.45, 7) is 5.01. The van der Waals surface area contributed by atoms with E-state index < -0.39 is 26.8 Å². The number of aryl methyl sites for hydroxylation is 1. The highest BCUT2D eigenvalue weighted by atomic mass is 32.2. The lowest BCUT2D eigenvalue weighted by molar-refractivity contribution is -0.144. The number of halogens is 3. The van der Waals surface area contributed by atoms with Crippen molar-refractivity contribution in [2.24, 2.45) is 5.41 Å². The third-order valence-electron chi connectivity index (χ3n) is 5.69. The third-order valence-corrected chi connectivity index (χ3v) is 7.51. The molecule has 0 bridgehead atoms. The monoisotopic (exact) mass is 405 g/mol. The summed E-state index contributed by atoms with van der Waals surface area (Å²) in [6, 6.07) is 2.78. The van der Waals surface area contributed by atoms with Gasteiger partial charge in [-0.05, 0) is 31.9 Å². The molecule has 4 rings (SSSR count). The molecule has 3 fully saturated rings. The second-order valence-corrected chi connectivity index (χ2v) is 9.73. The first-order valence-electron chi connectivity index (χ1n) is 8.98. The Morgan fingerprint density at radius 1 is 1.15 bits per heavy atom. The van der Waals surface area contributed by atoms with E-state index in [1.165, 1.54) is 13.0 Å². The van der Waals surface area contributed by atoms with Crippen LogP contribution in [-0.2, 0) is 20.9 Å². The SMILES string of the molecule is Cc1ccc(S(=O)(=O)N2CC3(CN(C4CCOCC4)C3)C2)c(C(F)(F)F)n1. The summed E-state index contributed by atoms with van der Waals surface area (Å²) in [5.41, 5.74) is -1.32. The van der Waals surface area contributed by atoms with Gasteiger partial charge in [-0.1, -0.05) is 0 Å². The molecule has 6 nitrogen and oxygen atoms in total. The van der Waals surface area contributed by atoms with Crippen molar-refractivity contribution in [1.29, 1.82) is 0 Å². The molecule has 1 aromatic heterocycles. The predicted octanol–water partition coefficient (Wildman–Crippen LogP) is 1.89. The van der Waals surface area contributed by atoms with Gasteiger partial charge in [0.05, 0.1) is 0 Å². The van der Waals surface area contributed by atoms with Crippen LogP contribution in [0.5, 0.6) is 0 Å². The molecule has 0 aromatic carbocycles. The standard InChI is InChI=1S/C17H22F3N3O3S/c1-12-2-3-14(15(21-12)17(18,19)20)27(24,25)23-10-16(11-23)8-22(9-16)13-4-6-26-7-5-13/h2-3,13H,4-11H2,1H3. The van der Waals surface area contributed by atoms with Crippen molar-refractivity contribution >= 4 is 10.0 Å². The molecule has 3 aliphatic rings. The van der Waals surface area contributed by atoms with Crippen LogP contribution in [-0.4, -0.2) is 68.0 Å². The zero-order valence-corrected chi connectivity index (χ0v) is 15.8. The highest BCUT2D eigenvalue weighted by molar-refractivity contribution is 7.89. The Hall–Kier alpha value is -1.23. The van der Waals surface area contributed by atoms with Crippen LogP contribution in [0.4, 0.5) is 13.2 Å². The van der Waals surface area contributed by atoms with Gasteiger partial charge in [-0.2, -0.15) is 17.5 Å². The van der Waals surface area contributed by atoms with Crippen LogP contribution in [0, 0.1) is 12.3 Å². The number of pyridine rings is 1. The molecule has 0 saturated carbocycles. The van der Waals surface area contributed by atoms with Gasteiger partial charge in [0.15, 0.2) is 5.69 Å². The highest BCUT2D eigenvalue weighted by Crippen LogP contribution is 2.45. The second kappa shape index (κ2) is 6.40. The molecular weight excluding hydrogens is 383 g/mol. The Balaban J connectivity index is 1.45. The summed E-state index contributed by atoms with van der Waals surface area (Å²) in [5, 5.41) is 0. The van der Waals surface area contributed by atoms with Crippen LogP contribution in [0.3, 0.4) is 0 Å². The minimum atomic E-state index is -4.81. The molecule has 1 spiro atoms. The van der Waals surface area contributed by atoms with Gasteiger partial charge >= 0.3 is 6.18 Å². The second-order valence-electron chi connectivity index (χ2n) is 7.82. The van der Waals surface area contributed by atoms with Crippen molar-refractivity contribution in [3.8, 4) is 0 Å². The van der Waals surface area contributed by atoms with E-state index in [9.17, 15) is 21.6 Å². The summed E-state index contributed by atoms with van der Waals surface area (Å²) >= 11 is 0. The molecule has 10 heteroatoms. The van der Waals surface area contributed by atoms with Crippen LogP contribution in [0.2, 0.25) is 0 Å². The molecule has 3 aliphatic heterocycles. The van der Waals surface area contributed by atoms with Crippen LogP contribution in [0.15, 0.2) is 17.0 Å². The van der Waals surface area contributed by atoms with E-state index in [0.29, 0.717) is 6.04 Å². The topological polar surface area (TPSA) is 62.7 Å². The van der Waals surface area contributed by atoms with Gasteiger partial charge in [0.2, 0.25) is 10.0 Å². The van der Waals surface area contributed by atoms with E-state index in [1.807, 2.05) is 0 Å². The number of alkyl halides is 3. The molecule has 1 aromatic rings. The molecular formula is C17H22F3N3O3S. The van der Waals surface area contributed by atoms with Gasteiger partial charge in [0, 0.05) is 56.5 Å². The van der Waals surface area contributed by atoms with E-state index in [-0.39, 0.29) is 24.2 Å². The molecule has 0 aliphatic carbocycles. The van der Waals surface area contributed by atoms with Crippen LogP contribution < -0.4 is 0 Å². The fourth-order valence-electron chi connectivity index (χ4n) is 4.29. The lowest BCUT2D eigenvalue weighted by Crippen LogP contribution is -2.74. The average molecular weight is 405 g/mol. The summed E-state index contributed by atoms with van der Waals surface area (Å²) in [7, 11) is -4.21. The van der Waals surface area contributed by atoms with Crippen molar-refractivity contribution in [3.05, 3.63) is 23.5 Å². The lowest BCUT2D eigenvalue weighted by Gasteiger charge is -2.61. The molecule has 0 N–H and O–H groups in total. The maximum atomic E-state index is 13.3. The Labute approximate surface area is 156 Å². The first kappa shape index (κ1) is 19.1. The fraction of sp³-hybridized carbons (Fsp3) is 0.706. The molecule has 27 heavy (non-hydrogen) atoms. The molecule has 0 radical (unpaired) electrons. The minimum absolute atomic E-state index is 0.123. The zero-order chi connectivity index (χ0) is 19.4. The Kier molecular flexibility index (Phi) is 4.53. The van der Waals surface area contributed by atoms with Gasteiger partial charge in [0.25, 0.3) is 0 Å². The minimum Gasteiger partial charge on any atom is -0.381 e. The lowest BCUT2D eigenvalue weighted by atomic mass is 9.73. The van der Waals surface area contributed by atoms with Crippen molar-refractivity contribution in [1.82, 2.24) is 14.2 Å². The van der Waals surface area contributed by atoms with E-state index >= 15 is 0 Å². The quantitative estimate of drug-likeness (QED) is 0.769. The summed E-state index contributed by atoms with van der Waals surface area (Å²) in [5.74, 6) is 0. The van der Waals surface area contributed by atoms with Gasteiger partial charge < -0.3 is 4.74 Å². The molecule has 150 valence electrons. The first-order valence-corrected chi connectivity index (χ1v) is 10.4. The van der Waals surface area contributed by atoms with E-state index in [0.717, 1.165) is 49.5 Å². The number of ether oxygens (including phenoxy) is 1. The number of nitrogens with zero attached hydrogens (tertiary/aromatic N) is 3. The Bertz CT molecular complexity index is 824. The molecule has 0 amide bonds. The Morgan fingerprint density at radius 3 is 2.37 bits per heavy atom. The van der Waals surface area contributed by atoms with Crippen molar-refractivity contribution in [2.75, 3.05) is 39.4 Å². The smallest absolute Gasteiger partial charge is 0.381 e. The fourth-order valence-corrected chi connectivity index (χ4v) is 6.10. The average Bonchev–Trinajstić information content (AvgIpc) is 2.52. The molecule has 4 heterocycles. The van der Waals surface area contributed by atoms with E-state index in [4.69, 9.17) is 4.74 Å². The molecule has 0 unspecified atom stereocenters. The van der Waals surface area contributed by atoms with Crippen molar-refractivity contribution < 1.29 is 26.3 Å². The van der Waals surface area contributed by atoms with Crippen LogP contribution >= 0.6 is 0 Å². The highest BCUT2D eigenvalue weighted by Gasteiger charge is 2.57. The zero-order valence-electron chi connectivity index (χ0n) is 15.0. The Morgan fingerprint density at radius 2 is 1.78 bits per heavy atom. The number of likely N-dealkylation sites (tertiary alicyclic amines) is 1. The largest absolute Gasteiger partial charge is 0.434 e. The summed E-state index contributed by atoms with van der Waals surface area (Å²) < 4.78 is 71.8. The number of hydrogen-bond donors (Lipinski definition) is 0. The number of rotatable bonds is 3. The van der Waals surface area contributed by atoms with Gasteiger partial charge in [-0.3, -0.25) is 4.90 Å². The van der Waals surface area contributed by atoms with E-state index in [2.05, 4.69) is 9.88 Å². The van der Waals surface area contributed by atoms with Crippen molar-refractivity contribution in [2.45, 2.75) is 36.9 Å². The van der Waals surface area contributed by atoms with Gasteiger partial charge in [-0.25, -0.2) is 13.4 Å². The van der Waals surface area contributed by atoms with Crippen LogP contribution in [0.1, 0.15) is 24.2 Å². The maximum absolute atomic E-state index is 13.3.